The molecule has 1 aromatic heterocycles. The highest BCUT2D eigenvalue weighted by Gasteiger charge is 2.02. The molecule has 0 unspecified atom stereocenters. The minimum atomic E-state index is -0.492. The van der Waals surface area contributed by atoms with Crippen molar-refractivity contribution in [1.29, 1.82) is 0 Å². The Kier molecular flexibility index (Phi) is 2.29. The molecule has 0 aromatic carbocycles. The van der Waals surface area contributed by atoms with E-state index in [1.807, 2.05) is 0 Å². The molecule has 0 amide bonds. The van der Waals surface area contributed by atoms with Crippen molar-refractivity contribution in [2.75, 3.05) is 0 Å². The van der Waals surface area contributed by atoms with Crippen LogP contribution >= 0.6 is 0 Å². The molecule has 0 fully saturated rings. The number of rotatable bonds is 2. The Morgan fingerprint density at radius 3 is 1.73 bits per heavy atom. The lowest BCUT2D eigenvalue weighted by Gasteiger charge is -1.97. The van der Waals surface area contributed by atoms with Gasteiger partial charge >= 0.3 is 6.01 Å². The van der Waals surface area contributed by atoms with Crippen LogP contribution in [0.4, 0.5) is 0 Å². The van der Waals surface area contributed by atoms with E-state index in [-0.39, 0.29) is 24.9 Å². The summed E-state index contributed by atoms with van der Waals surface area (Å²) in [4.78, 5) is 10.3. The maximum atomic E-state index is 8.77. The summed E-state index contributed by atoms with van der Waals surface area (Å²) in [5, 5.41) is 25.8. The topological polar surface area (TPSA) is 99.4 Å². The first-order valence-corrected chi connectivity index (χ1v) is 2.90. The van der Waals surface area contributed by atoms with Gasteiger partial charge < -0.3 is 15.3 Å². The van der Waals surface area contributed by atoms with E-state index >= 15 is 0 Å². The van der Waals surface area contributed by atoms with Crippen molar-refractivity contribution in [2.45, 2.75) is 13.2 Å². The van der Waals surface area contributed by atoms with E-state index < -0.39 is 6.01 Å². The van der Waals surface area contributed by atoms with E-state index in [1.165, 1.54) is 0 Å². The van der Waals surface area contributed by atoms with Crippen LogP contribution in [0.15, 0.2) is 0 Å². The summed E-state index contributed by atoms with van der Waals surface area (Å²) in [5.74, 6) is 0.0862. The third-order valence-corrected chi connectivity index (χ3v) is 0.999. The standard InChI is InChI=1S/C5H7N3O3/c9-1-3-6-4(2-10)8-5(11)7-3/h9-10H,1-2H2,(H,6,7,8,11). The van der Waals surface area contributed by atoms with Crippen LogP contribution in [0.5, 0.6) is 6.01 Å². The van der Waals surface area contributed by atoms with Crippen LogP contribution in [0.3, 0.4) is 0 Å². The molecule has 11 heavy (non-hydrogen) atoms. The van der Waals surface area contributed by atoms with Gasteiger partial charge in [-0.2, -0.15) is 9.97 Å². The van der Waals surface area contributed by atoms with Crippen molar-refractivity contribution < 1.29 is 15.3 Å². The number of aromatic nitrogens is 3. The Morgan fingerprint density at radius 2 is 1.36 bits per heavy atom. The fraction of sp³-hybridized carbons (Fsp3) is 0.400. The van der Waals surface area contributed by atoms with Gasteiger partial charge in [0.1, 0.15) is 13.2 Å². The molecule has 1 rings (SSSR count). The summed E-state index contributed by atoms with van der Waals surface area (Å²) in [7, 11) is 0. The molecule has 0 aliphatic heterocycles. The molecule has 6 nitrogen and oxygen atoms in total. The second-order valence-corrected chi connectivity index (χ2v) is 1.78. The van der Waals surface area contributed by atoms with Gasteiger partial charge in [-0.3, -0.25) is 0 Å². The number of hydrogen-bond acceptors (Lipinski definition) is 6. The molecule has 0 atom stereocenters. The highest BCUT2D eigenvalue weighted by Crippen LogP contribution is 2.00. The molecule has 0 bridgehead atoms. The number of nitrogens with zero attached hydrogens (tertiary/aromatic N) is 3. The zero-order valence-electron chi connectivity index (χ0n) is 5.60. The van der Waals surface area contributed by atoms with E-state index in [0.29, 0.717) is 0 Å². The lowest BCUT2D eigenvalue weighted by Crippen LogP contribution is -2.02. The van der Waals surface area contributed by atoms with Gasteiger partial charge in [-0.1, -0.05) is 0 Å². The predicted molar refractivity (Wildman–Crippen MR) is 33.3 cm³/mol. The minimum absolute atomic E-state index is 0.0431. The van der Waals surface area contributed by atoms with Crippen molar-refractivity contribution in [3.05, 3.63) is 11.6 Å². The molecule has 3 N–H and O–H groups in total. The summed E-state index contributed by atoms with van der Waals surface area (Å²) in [6.45, 7) is -0.772. The van der Waals surface area contributed by atoms with Gasteiger partial charge in [-0.05, 0) is 0 Å². The molecule has 0 aliphatic rings. The molecule has 60 valence electrons. The zero-order valence-corrected chi connectivity index (χ0v) is 5.60. The molecular weight excluding hydrogens is 150 g/mol. The van der Waals surface area contributed by atoms with Gasteiger partial charge in [0.25, 0.3) is 0 Å². The van der Waals surface area contributed by atoms with E-state index in [4.69, 9.17) is 15.3 Å². The van der Waals surface area contributed by atoms with E-state index in [0.717, 1.165) is 0 Å². The Labute approximate surface area is 62.2 Å². The van der Waals surface area contributed by atoms with E-state index in [2.05, 4.69) is 15.0 Å². The molecule has 0 aliphatic carbocycles. The first-order valence-electron chi connectivity index (χ1n) is 2.90. The molecular formula is C5H7N3O3. The van der Waals surface area contributed by atoms with Crippen molar-refractivity contribution in [3.63, 3.8) is 0 Å². The number of hydrogen-bond donors (Lipinski definition) is 3. The highest BCUT2D eigenvalue weighted by molar-refractivity contribution is 4.98. The van der Waals surface area contributed by atoms with Gasteiger partial charge in [0, 0.05) is 0 Å². The smallest absolute Gasteiger partial charge is 0.317 e. The van der Waals surface area contributed by atoms with Crippen molar-refractivity contribution >= 4 is 0 Å². The number of aliphatic hydroxyl groups excluding tert-OH is 2. The van der Waals surface area contributed by atoms with Gasteiger partial charge in [0.2, 0.25) is 0 Å². The Balaban J connectivity index is 3.02. The Morgan fingerprint density at radius 1 is 0.909 bits per heavy atom. The van der Waals surface area contributed by atoms with Crippen LogP contribution in [-0.2, 0) is 13.2 Å². The molecule has 6 heteroatoms. The lowest BCUT2D eigenvalue weighted by atomic mass is 10.6. The van der Waals surface area contributed by atoms with Crippen molar-refractivity contribution in [3.8, 4) is 6.01 Å². The predicted octanol–water partition coefficient (Wildman–Crippen LogP) is -1.44. The quantitative estimate of drug-likeness (QED) is 0.486. The van der Waals surface area contributed by atoms with E-state index in [9.17, 15) is 0 Å². The van der Waals surface area contributed by atoms with Gasteiger partial charge in [-0.25, -0.2) is 4.98 Å². The second kappa shape index (κ2) is 3.22. The summed E-state index contributed by atoms with van der Waals surface area (Å²) >= 11 is 0. The number of aliphatic hydroxyl groups is 2. The SMILES string of the molecule is OCc1nc(O)nc(CO)n1. The van der Waals surface area contributed by atoms with Gasteiger partial charge in [0.05, 0.1) is 0 Å². The summed E-state index contributed by atoms with van der Waals surface area (Å²) in [6.07, 6.45) is 0. The summed E-state index contributed by atoms with van der Waals surface area (Å²) in [5.41, 5.74) is 0. The first kappa shape index (κ1) is 7.83. The average molecular weight is 157 g/mol. The van der Waals surface area contributed by atoms with E-state index in [1.54, 1.807) is 0 Å². The zero-order chi connectivity index (χ0) is 8.27. The highest BCUT2D eigenvalue weighted by atomic mass is 16.3. The van der Waals surface area contributed by atoms with Crippen LogP contribution in [-0.4, -0.2) is 30.3 Å². The minimum Gasteiger partial charge on any atom is -0.479 e. The molecule has 0 saturated carbocycles. The summed E-state index contributed by atoms with van der Waals surface area (Å²) in [6, 6.07) is -0.492. The normalized spacial score (nSPS) is 10.0. The summed E-state index contributed by atoms with van der Waals surface area (Å²) < 4.78 is 0. The third-order valence-electron chi connectivity index (χ3n) is 0.999. The fourth-order valence-corrected chi connectivity index (χ4v) is 0.596. The third kappa shape index (κ3) is 1.82. The van der Waals surface area contributed by atoms with Crippen molar-refractivity contribution in [2.24, 2.45) is 0 Å². The van der Waals surface area contributed by atoms with Gasteiger partial charge in [-0.15, -0.1) is 0 Å². The molecule has 0 radical (unpaired) electrons. The van der Waals surface area contributed by atoms with Crippen LogP contribution in [0.2, 0.25) is 0 Å². The molecule has 0 saturated heterocycles. The first-order chi connectivity index (χ1) is 5.26. The van der Waals surface area contributed by atoms with Gasteiger partial charge in [0.15, 0.2) is 11.6 Å². The van der Waals surface area contributed by atoms with Crippen LogP contribution in [0, 0.1) is 0 Å². The average Bonchev–Trinajstić information content (AvgIpc) is 2.03. The van der Waals surface area contributed by atoms with Crippen LogP contribution in [0.1, 0.15) is 11.6 Å². The molecule has 0 spiro atoms. The monoisotopic (exact) mass is 157 g/mol. The maximum Gasteiger partial charge on any atom is 0.317 e. The Hall–Kier alpha value is -1.27. The molecule has 1 aromatic rings. The van der Waals surface area contributed by atoms with Crippen molar-refractivity contribution in [1.82, 2.24) is 15.0 Å². The largest absolute Gasteiger partial charge is 0.479 e. The Bertz CT molecular complexity index is 230. The van der Waals surface area contributed by atoms with Crippen LogP contribution < -0.4 is 0 Å². The molecule has 1 heterocycles. The number of aromatic hydroxyl groups is 1. The lowest BCUT2D eigenvalue weighted by molar-refractivity contribution is 0.251. The maximum absolute atomic E-state index is 8.77. The van der Waals surface area contributed by atoms with Crippen LogP contribution in [0.25, 0.3) is 0 Å². The second-order valence-electron chi connectivity index (χ2n) is 1.78. The fourth-order valence-electron chi connectivity index (χ4n) is 0.596.